The molecule has 1 aliphatic rings. The van der Waals surface area contributed by atoms with Crippen LogP contribution in [0, 0.1) is 5.92 Å². The summed E-state index contributed by atoms with van der Waals surface area (Å²) in [6, 6.07) is 3.24. The number of nitrogens with zero attached hydrogens (tertiary/aromatic N) is 2. The highest BCUT2D eigenvalue weighted by molar-refractivity contribution is 5.76. The van der Waals surface area contributed by atoms with Crippen molar-refractivity contribution in [3.63, 3.8) is 0 Å². The Morgan fingerprint density at radius 2 is 2.21 bits per heavy atom. The quantitative estimate of drug-likeness (QED) is 0.887. The van der Waals surface area contributed by atoms with Gasteiger partial charge in [-0.05, 0) is 24.8 Å². The molecule has 104 valence electrons. The molecular weight excluding hydrogens is 242 g/mol. The smallest absolute Gasteiger partial charge is 0.251 e. The van der Waals surface area contributed by atoms with Gasteiger partial charge in [-0.25, -0.2) is 0 Å². The number of carbonyl (C=O) groups is 1. The van der Waals surface area contributed by atoms with Crippen molar-refractivity contribution < 1.29 is 4.79 Å². The van der Waals surface area contributed by atoms with Gasteiger partial charge in [0.2, 0.25) is 5.91 Å². The average molecular weight is 263 g/mol. The van der Waals surface area contributed by atoms with Gasteiger partial charge in [-0.15, -0.1) is 0 Å². The predicted octanol–water partition coefficient (Wildman–Crippen LogP) is 1.08. The van der Waals surface area contributed by atoms with E-state index in [9.17, 15) is 9.59 Å². The molecule has 1 aromatic heterocycles. The zero-order valence-corrected chi connectivity index (χ0v) is 11.5. The normalized spacial score (nSPS) is 19.1. The Hall–Kier alpha value is -1.78. The maximum Gasteiger partial charge on any atom is 0.251 e. The van der Waals surface area contributed by atoms with E-state index in [-0.39, 0.29) is 18.0 Å². The molecule has 1 saturated heterocycles. The molecule has 0 radical (unpaired) electrons. The van der Waals surface area contributed by atoms with Crippen LogP contribution in [0.4, 0.5) is 5.69 Å². The van der Waals surface area contributed by atoms with Crippen molar-refractivity contribution in [1.29, 1.82) is 0 Å². The first-order valence-electron chi connectivity index (χ1n) is 6.74. The highest BCUT2D eigenvalue weighted by atomic mass is 16.2. The van der Waals surface area contributed by atoms with Crippen LogP contribution in [0.2, 0.25) is 0 Å². The first-order valence-corrected chi connectivity index (χ1v) is 6.74. The van der Waals surface area contributed by atoms with Crippen molar-refractivity contribution in [3.05, 3.63) is 28.7 Å². The highest BCUT2D eigenvalue weighted by Gasteiger charge is 2.30. The van der Waals surface area contributed by atoms with Crippen LogP contribution in [0.25, 0.3) is 0 Å². The molecule has 1 amide bonds. The number of hydrogen-bond acceptors (Lipinski definition) is 3. The molecule has 0 aromatic carbocycles. The van der Waals surface area contributed by atoms with Crippen LogP contribution >= 0.6 is 0 Å². The van der Waals surface area contributed by atoms with E-state index in [4.69, 9.17) is 5.73 Å². The summed E-state index contributed by atoms with van der Waals surface area (Å²) >= 11 is 0. The molecule has 1 unspecified atom stereocenters. The number of pyridine rings is 1. The summed E-state index contributed by atoms with van der Waals surface area (Å²) in [5.74, 6) is 0.452. The van der Waals surface area contributed by atoms with Crippen LogP contribution < -0.4 is 11.3 Å². The van der Waals surface area contributed by atoms with Crippen molar-refractivity contribution in [1.82, 2.24) is 9.47 Å². The number of hydrogen-bond donors (Lipinski definition) is 1. The summed E-state index contributed by atoms with van der Waals surface area (Å²) in [5.41, 5.74) is 5.95. The third-order valence-electron chi connectivity index (χ3n) is 3.70. The van der Waals surface area contributed by atoms with Gasteiger partial charge in [-0.2, -0.15) is 0 Å². The lowest BCUT2D eigenvalue weighted by molar-refractivity contribution is -0.133. The third-order valence-corrected chi connectivity index (χ3v) is 3.70. The van der Waals surface area contributed by atoms with Gasteiger partial charge < -0.3 is 15.2 Å². The predicted molar refractivity (Wildman–Crippen MR) is 74.7 cm³/mol. The van der Waals surface area contributed by atoms with Crippen LogP contribution in [0.3, 0.4) is 0 Å². The highest BCUT2D eigenvalue weighted by Crippen LogP contribution is 2.23. The van der Waals surface area contributed by atoms with Gasteiger partial charge in [-0.1, -0.05) is 13.8 Å². The van der Waals surface area contributed by atoms with E-state index >= 15 is 0 Å². The molecule has 0 bridgehead atoms. The van der Waals surface area contributed by atoms with Gasteiger partial charge in [-0.3, -0.25) is 9.59 Å². The van der Waals surface area contributed by atoms with E-state index < -0.39 is 0 Å². The molecule has 0 spiro atoms. The Morgan fingerprint density at radius 3 is 2.89 bits per heavy atom. The average Bonchev–Trinajstić information content (AvgIpc) is 2.83. The van der Waals surface area contributed by atoms with E-state index in [0.717, 1.165) is 19.4 Å². The second-order valence-corrected chi connectivity index (χ2v) is 5.47. The lowest BCUT2D eigenvalue weighted by Gasteiger charge is -2.28. The Morgan fingerprint density at radius 1 is 1.47 bits per heavy atom. The summed E-state index contributed by atoms with van der Waals surface area (Å²) in [6.07, 6.45) is 3.62. The molecule has 2 N–H and O–H groups in total. The van der Waals surface area contributed by atoms with Gasteiger partial charge >= 0.3 is 0 Å². The number of likely N-dealkylation sites (tertiary alicyclic amines) is 1. The van der Waals surface area contributed by atoms with Crippen LogP contribution in [0.15, 0.2) is 23.1 Å². The van der Waals surface area contributed by atoms with Crippen LogP contribution in [0.5, 0.6) is 0 Å². The van der Waals surface area contributed by atoms with E-state index in [1.54, 1.807) is 6.07 Å². The number of anilines is 1. The van der Waals surface area contributed by atoms with Crippen molar-refractivity contribution in [2.45, 2.75) is 39.3 Å². The van der Waals surface area contributed by atoms with Gasteiger partial charge in [0.15, 0.2) is 0 Å². The molecule has 1 fully saturated rings. The molecule has 0 aliphatic carbocycles. The van der Waals surface area contributed by atoms with Gasteiger partial charge in [0.25, 0.3) is 5.56 Å². The second kappa shape index (κ2) is 5.47. The van der Waals surface area contributed by atoms with Gasteiger partial charge in [0.1, 0.15) is 6.54 Å². The SMILES string of the molecule is CC(C)C1CCCN1C(=O)Cn1cc(N)ccc1=O. The van der Waals surface area contributed by atoms with E-state index in [2.05, 4.69) is 13.8 Å². The van der Waals surface area contributed by atoms with Crippen molar-refractivity contribution in [2.75, 3.05) is 12.3 Å². The maximum atomic E-state index is 12.3. The van der Waals surface area contributed by atoms with Crippen LogP contribution in [-0.2, 0) is 11.3 Å². The molecule has 1 aliphatic heterocycles. The summed E-state index contributed by atoms with van der Waals surface area (Å²) in [7, 11) is 0. The van der Waals surface area contributed by atoms with Gasteiger partial charge in [0.05, 0.1) is 0 Å². The third kappa shape index (κ3) is 2.97. The number of amides is 1. The molecule has 5 heteroatoms. The molecule has 5 nitrogen and oxygen atoms in total. The standard InChI is InChI=1S/C14H21N3O2/c1-10(2)12-4-3-7-17(12)14(19)9-16-8-11(15)5-6-13(16)18/h5-6,8,10,12H,3-4,7,9,15H2,1-2H3. The van der Waals surface area contributed by atoms with Crippen molar-refractivity contribution in [3.8, 4) is 0 Å². The summed E-state index contributed by atoms with van der Waals surface area (Å²) in [6.45, 7) is 5.12. The molecule has 19 heavy (non-hydrogen) atoms. The Labute approximate surface area is 113 Å². The Bertz CT molecular complexity index is 522. The largest absolute Gasteiger partial charge is 0.398 e. The fourth-order valence-corrected chi connectivity index (χ4v) is 2.71. The minimum Gasteiger partial charge on any atom is -0.398 e. The van der Waals surface area contributed by atoms with E-state index in [1.807, 2.05) is 4.90 Å². The monoisotopic (exact) mass is 263 g/mol. The topological polar surface area (TPSA) is 68.3 Å². The first kappa shape index (κ1) is 13.6. The lowest BCUT2D eigenvalue weighted by Crippen LogP contribution is -2.41. The van der Waals surface area contributed by atoms with Crippen molar-refractivity contribution >= 4 is 11.6 Å². The fourth-order valence-electron chi connectivity index (χ4n) is 2.71. The Balaban J connectivity index is 2.13. The number of rotatable bonds is 3. The minimum absolute atomic E-state index is 0.00361. The zero-order valence-electron chi connectivity index (χ0n) is 11.5. The molecule has 1 aromatic rings. The van der Waals surface area contributed by atoms with Crippen LogP contribution in [0.1, 0.15) is 26.7 Å². The number of nitrogen functional groups attached to an aromatic ring is 1. The Kier molecular flexibility index (Phi) is 3.93. The lowest BCUT2D eigenvalue weighted by atomic mass is 10.0. The van der Waals surface area contributed by atoms with Gasteiger partial charge in [0, 0.05) is 30.5 Å². The summed E-state index contributed by atoms with van der Waals surface area (Å²) in [5, 5.41) is 0. The summed E-state index contributed by atoms with van der Waals surface area (Å²) in [4.78, 5) is 25.9. The maximum absolute atomic E-state index is 12.3. The van der Waals surface area contributed by atoms with E-state index in [0.29, 0.717) is 17.6 Å². The molecule has 0 saturated carbocycles. The van der Waals surface area contributed by atoms with Crippen molar-refractivity contribution in [2.24, 2.45) is 5.92 Å². The molecular formula is C14H21N3O2. The number of carbonyl (C=O) groups excluding carboxylic acids is 1. The minimum atomic E-state index is -0.192. The molecule has 1 atom stereocenters. The number of aromatic nitrogens is 1. The second-order valence-electron chi connectivity index (χ2n) is 5.47. The van der Waals surface area contributed by atoms with Crippen LogP contribution in [-0.4, -0.2) is 28.0 Å². The molecule has 2 rings (SSSR count). The zero-order chi connectivity index (χ0) is 14.0. The molecule has 2 heterocycles. The van der Waals surface area contributed by atoms with E-state index in [1.165, 1.54) is 16.8 Å². The number of nitrogens with two attached hydrogens (primary N) is 1. The first-order chi connectivity index (χ1) is 8.99. The fraction of sp³-hybridized carbons (Fsp3) is 0.571. The summed E-state index contributed by atoms with van der Waals surface area (Å²) < 4.78 is 1.38.